The molecule has 1 heteroatoms. The molecule has 74 valence electrons. The van der Waals surface area contributed by atoms with Crippen molar-refractivity contribution in [2.24, 2.45) is 0 Å². The van der Waals surface area contributed by atoms with Crippen molar-refractivity contribution in [2.75, 3.05) is 0 Å². The molecular weight excluding hydrogens is 203 g/mol. The van der Waals surface area contributed by atoms with Gasteiger partial charge in [-0.1, -0.05) is 0 Å². The van der Waals surface area contributed by atoms with E-state index >= 15 is 0 Å². The maximum atomic E-state index is 2.42. The van der Waals surface area contributed by atoms with Gasteiger partial charge in [0.2, 0.25) is 0 Å². The van der Waals surface area contributed by atoms with Gasteiger partial charge in [0.15, 0.2) is 0 Å². The van der Waals surface area contributed by atoms with Crippen LogP contribution in [0.15, 0.2) is 45.5 Å². The van der Waals surface area contributed by atoms with E-state index in [1.165, 1.54) is 12.8 Å². The number of hydrogen-bond acceptors (Lipinski definition) is 0. The van der Waals surface area contributed by atoms with Crippen LogP contribution < -0.4 is 0 Å². The Morgan fingerprint density at radius 3 is 1.69 bits per heavy atom. The van der Waals surface area contributed by atoms with Crippen molar-refractivity contribution in [3.8, 4) is 0 Å². The average molecular weight is 219 g/mol. The zero-order valence-electron chi connectivity index (χ0n) is 8.19. The van der Waals surface area contributed by atoms with Crippen molar-refractivity contribution in [1.29, 1.82) is 0 Å². The molecule has 2 aliphatic rings. The van der Waals surface area contributed by atoms with E-state index in [1.54, 1.807) is 9.09 Å². The molecule has 0 aliphatic heterocycles. The Kier molecular flexibility index (Phi) is 2.30. The van der Waals surface area contributed by atoms with Gasteiger partial charge < -0.3 is 0 Å². The molecule has 2 aliphatic carbocycles. The second-order valence-corrected chi connectivity index (χ2v) is 7.92. The van der Waals surface area contributed by atoms with E-state index in [1.807, 2.05) is 0 Å². The fourth-order valence-corrected chi connectivity index (χ4v) is 4.19. The quantitative estimate of drug-likeness (QED) is 0.617. The zero-order chi connectivity index (χ0) is 9.31. The molecule has 2 rings (SSSR count). The molecule has 13 heavy (non-hydrogen) atoms. The average Bonchev–Trinajstić information content (AvgIpc) is 2.78. The van der Waals surface area contributed by atoms with Crippen LogP contribution in [-0.4, -0.2) is 0 Å². The third kappa shape index (κ3) is 1.58. The van der Waals surface area contributed by atoms with E-state index in [0.717, 1.165) is 0 Å². The van der Waals surface area contributed by atoms with Crippen molar-refractivity contribution in [3.63, 3.8) is 0 Å². The standard InChI is InChI=1S/2C5H5.2CH3.Ni/c2*1-2-4-5-3-1;;;/h2*1-3H,4H2;2*1H3;. The van der Waals surface area contributed by atoms with Crippen LogP contribution in [0.4, 0.5) is 0 Å². The van der Waals surface area contributed by atoms with Crippen molar-refractivity contribution in [1.82, 2.24) is 0 Å². The van der Waals surface area contributed by atoms with Crippen LogP contribution >= 0.6 is 0 Å². The first kappa shape index (κ1) is 9.03. The van der Waals surface area contributed by atoms with Gasteiger partial charge in [-0.25, -0.2) is 0 Å². The van der Waals surface area contributed by atoms with Crippen molar-refractivity contribution in [3.05, 3.63) is 45.5 Å². The van der Waals surface area contributed by atoms with Gasteiger partial charge in [0.05, 0.1) is 0 Å². The molecule has 0 atom stereocenters. The Morgan fingerprint density at radius 2 is 1.38 bits per heavy atom. The van der Waals surface area contributed by atoms with E-state index in [0.29, 0.717) is 0 Å². The summed E-state index contributed by atoms with van der Waals surface area (Å²) < 4.78 is 3.28. The summed E-state index contributed by atoms with van der Waals surface area (Å²) in [4.78, 5) is 0. The molecule has 0 heterocycles. The van der Waals surface area contributed by atoms with Crippen LogP contribution in [0, 0.1) is 0 Å². The molecule has 0 aromatic rings. The van der Waals surface area contributed by atoms with E-state index in [-0.39, 0.29) is 0 Å². The van der Waals surface area contributed by atoms with Crippen molar-refractivity contribution in [2.45, 2.75) is 24.6 Å². The van der Waals surface area contributed by atoms with Gasteiger partial charge in [-0.3, -0.25) is 0 Å². The van der Waals surface area contributed by atoms with Gasteiger partial charge in [0.1, 0.15) is 0 Å². The Hall–Kier alpha value is -0.546. The summed E-state index contributed by atoms with van der Waals surface area (Å²) in [5.41, 5.74) is 0. The topological polar surface area (TPSA) is 0 Å². The molecule has 0 N–H and O–H groups in total. The molecule has 0 fully saturated rings. The van der Waals surface area contributed by atoms with Crippen molar-refractivity contribution >= 4 is 0 Å². The van der Waals surface area contributed by atoms with E-state index in [9.17, 15) is 0 Å². The Bertz CT molecular complexity index is 295. The normalized spacial score (nSPS) is 22.0. The summed E-state index contributed by atoms with van der Waals surface area (Å²) in [5.74, 6) is 4.84. The van der Waals surface area contributed by atoms with Crippen LogP contribution in [0.3, 0.4) is 0 Å². The van der Waals surface area contributed by atoms with Crippen LogP contribution in [0.25, 0.3) is 0 Å². The van der Waals surface area contributed by atoms with Crippen LogP contribution in [0.1, 0.15) is 12.8 Å². The minimum atomic E-state index is -0.753. The van der Waals surface area contributed by atoms with Gasteiger partial charge >= 0.3 is 82.6 Å². The Labute approximate surface area is 82.8 Å². The summed E-state index contributed by atoms with van der Waals surface area (Å²) >= 11 is -0.753. The fraction of sp³-hybridized carbons (Fsp3) is 0.333. The molecule has 0 saturated heterocycles. The second kappa shape index (κ2) is 3.31. The summed E-state index contributed by atoms with van der Waals surface area (Å²) in [6.07, 6.45) is 15.9. The summed E-state index contributed by atoms with van der Waals surface area (Å²) in [6, 6.07) is 0. The fourth-order valence-electron chi connectivity index (χ4n) is 1.53. The predicted octanol–water partition coefficient (Wildman–Crippen LogP) is 3.92. The number of allylic oxidation sites excluding steroid dienone is 8. The molecule has 0 spiro atoms. The third-order valence-corrected chi connectivity index (χ3v) is 6.33. The number of rotatable bonds is 2. The molecule has 0 nitrogen and oxygen atoms in total. The third-order valence-electron chi connectivity index (χ3n) is 2.42. The first-order valence-electron chi connectivity index (χ1n) is 4.38. The maximum absolute atomic E-state index is 2.42. The first-order valence-corrected chi connectivity index (χ1v) is 7.35. The summed E-state index contributed by atoms with van der Waals surface area (Å²) in [6.45, 7) is 0. The van der Waals surface area contributed by atoms with Crippen LogP contribution in [-0.2, 0) is 12.4 Å². The molecular formula is C12H16Ni. The molecule has 0 unspecified atom stereocenters. The second-order valence-electron chi connectivity index (χ2n) is 3.44. The number of hydrogen-bond donors (Lipinski definition) is 0. The summed E-state index contributed by atoms with van der Waals surface area (Å²) in [7, 11) is 0. The predicted molar refractivity (Wildman–Crippen MR) is 55.4 cm³/mol. The molecule has 0 bridgehead atoms. The van der Waals surface area contributed by atoms with Crippen molar-refractivity contribution < 1.29 is 12.4 Å². The van der Waals surface area contributed by atoms with Gasteiger partial charge in [0, 0.05) is 0 Å². The zero-order valence-corrected chi connectivity index (χ0v) is 9.18. The molecule has 0 aromatic carbocycles. The van der Waals surface area contributed by atoms with E-state index in [4.69, 9.17) is 0 Å². The summed E-state index contributed by atoms with van der Waals surface area (Å²) in [5, 5.41) is 0. The minimum absolute atomic E-state index is 0.753. The van der Waals surface area contributed by atoms with E-state index < -0.39 is 12.4 Å². The van der Waals surface area contributed by atoms with Crippen LogP contribution in [0.5, 0.6) is 0 Å². The van der Waals surface area contributed by atoms with Gasteiger partial charge in [-0.2, -0.15) is 0 Å². The molecule has 0 aromatic heterocycles. The van der Waals surface area contributed by atoms with Gasteiger partial charge in [-0.15, -0.1) is 0 Å². The Morgan fingerprint density at radius 1 is 0.923 bits per heavy atom. The Balaban J connectivity index is 2.20. The molecule has 0 saturated carbocycles. The van der Waals surface area contributed by atoms with Gasteiger partial charge in [-0.05, 0) is 0 Å². The van der Waals surface area contributed by atoms with Crippen LogP contribution in [0.2, 0.25) is 11.8 Å². The first-order chi connectivity index (χ1) is 6.21. The monoisotopic (exact) mass is 218 g/mol. The SMILES string of the molecule is [CH3][Ni]([CH3])([C]1=CC=CC1)[C]1=CC=CC1. The van der Waals surface area contributed by atoms with Gasteiger partial charge in [0.25, 0.3) is 0 Å². The van der Waals surface area contributed by atoms with E-state index in [2.05, 4.69) is 48.2 Å². The molecule has 0 radical (unpaired) electrons. The molecule has 0 amide bonds.